The Bertz CT molecular complexity index is 627. The van der Waals surface area contributed by atoms with Crippen molar-refractivity contribution in [2.75, 3.05) is 11.9 Å². The third-order valence-electron chi connectivity index (χ3n) is 3.91. The summed E-state index contributed by atoms with van der Waals surface area (Å²) in [7, 11) is 0. The maximum absolute atomic E-state index is 12.5. The third-order valence-corrected chi connectivity index (χ3v) is 3.91. The van der Waals surface area contributed by atoms with Crippen LogP contribution in [0.1, 0.15) is 35.7 Å². The molecule has 0 aromatic heterocycles. The Morgan fingerprint density at radius 1 is 1.33 bits per heavy atom. The highest BCUT2D eigenvalue weighted by molar-refractivity contribution is 6.05. The van der Waals surface area contributed by atoms with Gasteiger partial charge >= 0.3 is 0 Å². The van der Waals surface area contributed by atoms with E-state index >= 15 is 0 Å². The summed E-state index contributed by atoms with van der Waals surface area (Å²) in [6.07, 6.45) is 0.670. The monoisotopic (exact) mass is 287 g/mol. The minimum Gasteiger partial charge on any atom is -0.385 e. The first-order valence-electron chi connectivity index (χ1n) is 7.11. The molecule has 2 aliphatic heterocycles. The molecule has 0 bridgehead atoms. The van der Waals surface area contributed by atoms with Gasteiger partial charge in [0.25, 0.3) is 5.91 Å². The lowest BCUT2D eigenvalue weighted by Crippen LogP contribution is -2.52. The molecule has 0 radical (unpaired) electrons. The van der Waals surface area contributed by atoms with E-state index in [0.29, 0.717) is 18.5 Å². The molecule has 0 saturated carbocycles. The van der Waals surface area contributed by atoms with Gasteiger partial charge in [0.1, 0.15) is 6.04 Å². The van der Waals surface area contributed by atoms with Crippen molar-refractivity contribution in [1.29, 1.82) is 0 Å². The fraction of sp³-hybridized carbons (Fsp3) is 0.400. The Morgan fingerprint density at radius 3 is 2.86 bits per heavy atom. The minimum absolute atomic E-state index is 0.140. The average Bonchev–Trinajstić information content (AvgIpc) is 2.77. The first-order valence-corrected chi connectivity index (χ1v) is 7.11. The van der Waals surface area contributed by atoms with Crippen molar-refractivity contribution in [1.82, 2.24) is 10.2 Å². The Balaban J connectivity index is 1.83. The Labute approximate surface area is 122 Å². The fourth-order valence-electron chi connectivity index (χ4n) is 2.87. The summed E-state index contributed by atoms with van der Waals surface area (Å²) in [6.45, 7) is 3.20. The summed E-state index contributed by atoms with van der Waals surface area (Å²) in [5.74, 6) is -0.784. The van der Waals surface area contributed by atoms with Gasteiger partial charge in [0.15, 0.2) is 0 Å². The molecule has 3 rings (SSSR count). The van der Waals surface area contributed by atoms with Crippen molar-refractivity contribution in [2.24, 2.45) is 0 Å². The summed E-state index contributed by atoms with van der Waals surface area (Å²) in [6, 6.07) is 5.12. The molecule has 1 aromatic carbocycles. The van der Waals surface area contributed by atoms with E-state index < -0.39 is 6.04 Å². The summed E-state index contributed by atoms with van der Waals surface area (Å²) in [5.41, 5.74) is 2.46. The number of hydrogen-bond donors (Lipinski definition) is 2. The van der Waals surface area contributed by atoms with Crippen molar-refractivity contribution in [2.45, 2.75) is 32.4 Å². The number of rotatable bonds is 3. The van der Waals surface area contributed by atoms with Gasteiger partial charge in [-0.15, -0.1) is 0 Å². The number of imide groups is 1. The maximum atomic E-state index is 12.5. The number of benzene rings is 1. The van der Waals surface area contributed by atoms with Gasteiger partial charge in [-0.1, -0.05) is 6.07 Å². The van der Waals surface area contributed by atoms with Crippen LogP contribution in [-0.4, -0.2) is 35.2 Å². The van der Waals surface area contributed by atoms with Crippen LogP contribution in [-0.2, 0) is 16.1 Å². The lowest BCUT2D eigenvalue weighted by Gasteiger charge is -2.29. The van der Waals surface area contributed by atoms with Crippen molar-refractivity contribution < 1.29 is 14.4 Å². The van der Waals surface area contributed by atoms with E-state index in [1.165, 1.54) is 0 Å². The van der Waals surface area contributed by atoms with Crippen LogP contribution in [0.2, 0.25) is 0 Å². The number of nitrogens with zero attached hydrogens (tertiary/aromatic N) is 1. The van der Waals surface area contributed by atoms with Gasteiger partial charge in [-0.3, -0.25) is 19.7 Å². The van der Waals surface area contributed by atoms with Gasteiger partial charge in [-0.05, 0) is 31.0 Å². The average molecular weight is 287 g/mol. The predicted octanol–water partition coefficient (Wildman–Crippen LogP) is 0.879. The number of nitrogens with one attached hydrogen (secondary N) is 2. The van der Waals surface area contributed by atoms with Crippen molar-refractivity contribution in [3.63, 3.8) is 0 Å². The summed E-state index contributed by atoms with van der Waals surface area (Å²) in [4.78, 5) is 37.2. The van der Waals surface area contributed by atoms with Crippen LogP contribution in [0.3, 0.4) is 0 Å². The quantitative estimate of drug-likeness (QED) is 0.809. The first kappa shape index (κ1) is 13.6. The Kier molecular flexibility index (Phi) is 3.37. The standard InChI is InChI=1S/C15H17N3O3/c1-2-16-10-4-3-9-8-18(15(21)11(9)7-10)12-5-6-13(19)17-14(12)20/h3-4,7,12,16H,2,5-6,8H2,1H3,(H,17,19,20). The summed E-state index contributed by atoms with van der Waals surface area (Å²) in [5, 5.41) is 5.47. The highest BCUT2D eigenvalue weighted by atomic mass is 16.2. The number of carbonyl (C=O) groups is 3. The van der Waals surface area contributed by atoms with Crippen molar-refractivity contribution in [3.8, 4) is 0 Å². The molecule has 21 heavy (non-hydrogen) atoms. The second-order valence-electron chi connectivity index (χ2n) is 5.30. The maximum Gasteiger partial charge on any atom is 0.255 e. The molecule has 2 heterocycles. The van der Waals surface area contributed by atoms with Crippen LogP contribution in [0, 0.1) is 0 Å². The van der Waals surface area contributed by atoms with E-state index in [9.17, 15) is 14.4 Å². The second kappa shape index (κ2) is 5.20. The van der Waals surface area contributed by atoms with Gasteiger partial charge in [-0.2, -0.15) is 0 Å². The lowest BCUT2D eigenvalue weighted by molar-refractivity contribution is -0.136. The molecule has 2 aliphatic rings. The molecular weight excluding hydrogens is 270 g/mol. The highest BCUT2D eigenvalue weighted by Crippen LogP contribution is 2.29. The number of anilines is 1. The van der Waals surface area contributed by atoms with Gasteiger partial charge in [0.2, 0.25) is 11.8 Å². The number of amides is 3. The van der Waals surface area contributed by atoms with E-state index in [0.717, 1.165) is 17.8 Å². The second-order valence-corrected chi connectivity index (χ2v) is 5.30. The largest absolute Gasteiger partial charge is 0.385 e. The molecule has 3 amide bonds. The summed E-state index contributed by atoms with van der Waals surface area (Å²) < 4.78 is 0. The normalized spacial score (nSPS) is 21.3. The molecule has 1 aromatic rings. The van der Waals surface area contributed by atoms with Crippen molar-refractivity contribution in [3.05, 3.63) is 29.3 Å². The Hall–Kier alpha value is -2.37. The number of hydrogen-bond acceptors (Lipinski definition) is 4. The van der Waals surface area contributed by atoms with Gasteiger partial charge < -0.3 is 10.2 Å². The fourth-order valence-corrected chi connectivity index (χ4v) is 2.87. The van der Waals surface area contributed by atoms with Crippen LogP contribution < -0.4 is 10.6 Å². The molecule has 2 N–H and O–H groups in total. The molecule has 1 atom stereocenters. The highest BCUT2D eigenvalue weighted by Gasteiger charge is 2.38. The van der Waals surface area contributed by atoms with E-state index in [-0.39, 0.29) is 24.1 Å². The van der Waals surface area contributed by atoms with E-state index in [1.807, 2.05) is 25.1 Å². The van der Waals surface area contributed by atoms with E-state index in [4.69, 9.17) is 0 Å². The van der Waals surface area contributed by atoms with E-state index in [2.05, 4.69) is 10.6 Å². The minimum atomic E-state index is -0.551. The van der Waals surface area contributed by atoms with Crippen LogP contribution >= 0.6 is 0 Å². The summed E-state index contributed by atoms with van der Waals surface area (Å²) >= 11 is 0. The van der Waals surface area contributed by atoms with Gasteiger partial charge in [0.05, 0.1) is 0 Å². The predicted molar refractivity (Wildman–Crippen MR) is 76.7 cm³/mol. The van der Waals surface area contributed by atoms with Crippen molar-refractivity contribution >= 4 is 23.4 Å². The lowest BCUT2D eigenvalue weighted by atomic mass is 10.0. The van der Waals surface area contributed by atoms with Crippen LogP contribution in [0.25, 0.3) is 0 Å². The van der Waals surface area contributed by atoms with E-state index in [1.54, 1.807) is 4.90 Å². The molecule has 1 unspecified atom stereocenters. The molecule has 1 fully saturated rings. The number of piperidine rings is 1. The van der Waals surface area contributed by atoms with Crippen LogP contribution in [0.4, 0.5) is 5.69 Å². The zero-order valence-electron chi connectivity index (χ0n) is 11.8. The molecule has 6 nitrogen and oxygen atoms in total. The van der Waals surface area contributed by atoms with Crippen LogP contribution in [0.5, 0.6) is 0 Å². The third kappa shape index (κ3) is 2.37. The number of fused-ring (bicyclic) bond motifs is 1. The molecule has 110 valence electrons. The SMILES string of the molecule is CCNc1ccc2c(c1)C(=O)N(C1CCC(=O)NC1=O)C2. The van der Waals surface area contributed by atoms with Gasteiger partial charge in [-0.25, -0.2) is 0 Å². The Morgan fingerprint density at radius 2 is 2.14 bits per heavy atom. The topological polar surface area (TPSA) is 78.5 Å². The molecule has 6 heteroatoms. The smallest absolute Gasteiger partial charge is 0.255 e. The zero-order valence-corrected chi connectivity index (χ0v) is 11.8. The molecule has 0 spiro atoms. The number of carbonyl (C=O) groups excluding carboxylic acids is 3. The van der Waals surface area contributed by atoms with Crippen LogP contribution in [0.15, 0.2) is 18.2 Å². The molecule has 1 saturated heterocycles. The first-order chi connectivity index (χ1) is 10.1. The molecule has 0 aliphatic carbocycles. The zero-order chi connectivity index (χ0) is 15.0. The molecular formula is C15H17N3O3. The van der Waals surface area contributed by atoms with Gasteiger partial charge in [0, 0.05) is 30.8 Å².